The van der Waals surface area contributed by atoms with Gasteiger partial charge in [-0.1, -0.05) is 35.4 Å². The maximum absolute atomic E-state index is 13.7. The van der Waals surface area contributed by atoms with Crippen molar-refractivity contribution in [3.63, 3.8) is 0 Å². The van der Waals surface area contributed by atoms with Gasteiger partial charge in [0, 0.05) is 9.84 Å². The molecule has 0 aromatic rings. The summed E-state index contributed by atoms with van der Waals surface area (Å²) in [6.45, 7) is 0. The third-order valence-corrected chi connectivity index (χ3v) is 5.04. The molecule has 1 aliphatic rings. The van der Waals surface area contributed by atoms with Gasteiger partial charge in [0.1, 0.15) is 0 Å². The Morgan fingerprint density at radius 3 is 1.65 bits per heavy atom. The van der Waals surface area contributed by atoms with Gasteiger partial charge in [-0.3, -0.25) is 0 Å². The number of rotatable bonds is 4. The smallest absolute Gasteiger partial charge is 0.199 e. The Hall–Kier alpha value is 0.460. The molecule has 1 fully saturated rings. The van der Waals surface area contributed by atoms with Crippen molar-refractivity contribution in [2.24, 2.45) is 5.92 Å². The van der Waals surface area contributed by atoms with Crippen molar-refractivity contribution in [2.45, 2.75) is 52.8 Å². The first-order valence-electron chi connectivity index (χ1n) is 5.61. The molecule has 2 unspecified atom stereocenters. The van der Waals surface area contributed by atoms with Gasteiger partial charge in [-0.15, -0.1) is 0 Å². The van der Waals surface area contributed by atoms with Crippen LogP contribution in [-0.4, -0.2) is 27.1 Å². The highest BCUT2D eigenvalue weighted by Gasteiger charge is 2.81. The number of halogens is 10. The van der Waals surface area contributed by atoms with Crippen molar-refractivity contribution in [1.82, 2.24) is 0 Å². The molecule has 1 aliphatic carbocycles. The van der Waals surface area contributed by atoms with E-state index >= 15 is 0 Å². The summed E-state index contributed by atoms with van der Waals surface area (Å²) in [5.74, 6) is -20.0. The first-order chi connectivity index (χ1) is 8.77. The van der Waals surface area contributed by atoms with E-state index in [0.29, 0.717) is 6.42 Å². The predicted octanol–water partition coefficient (Wildman–Crippen LogP) is 5.72. The van der Waals surface area contributed by atoms with E-state index < -0.39 is 39.4 Å². The summed E-state index contributed by atoms with van der Waals surface area (Å²) in [6, 6.07) is 0. The zero-order valence-electron chi connectivity index (χ0n) is 9.76. The van der Waals surface area contributed by atoms with Crippen molar-refractivity contribution >= 4 is 34.2 Å². The predicted molar refractivity (Wildman–Crippen MR) is 65.4 cm³/mol. The van der Waals surface area contributed by atoms with Crippen LogP contribution in [0.15, 0.2) is 0 Å². The zero-order chi connectivity index (χ0) is 16.0. The van der Waals surface area contributed by atoms with E-state index in [0.717, 1.165) is 0 Å². The Morgan fingerprint density at radius 2 is 1.25 bits per heavy atom. The molecule has 120 valence electrons. The SMILES string of the molecule is FC(F)(Cl)C(F)(F)C(F)(F)C(F)(F)C1CCCCC1I. The Balaban J connectivity index is 3.17. The first-order valence-corrected chi connectivity index (χ1v) is 7.23. The molecule has 2 atom stereocenters. The fraction of sp³-hybridized carbons (Fsp3) is 1.00. The van der Waals surface area contributed by atoms with Gasteiger partial charge in [0.2, 0.25) is 0 Å². The van der Waals surface area contributed by atoms with Crippen LogP contribution in [0.25, 0.3) is 0 Å². The molecule has 1 saturated carbocycles. The average molecular weight is 445 g/mol. The fourth-order valence-corrected chi connectivity index (χ4v) is 3.48. The van der Waals surface area contributed by atoms with E-state index in [1.54, 1.807) is 0 Å². The van der Waals surface area contributed by atoms with Gasteiger partial charge in [0.05, 0.1) is 0 Å². The lowest BCUT2D eigenvalue weighted by Gasteiger charge is -2.41. The van der Waals surface area contributed by atoms with Crippen molar-refractivity contribution in [3.8, 4) is 0 Å². The summed E-state index contributed by atoms with van der Waals surface area (Å²) in [7, 11) is 0. The van der Waals surface area contributed by atoms with Crippen LogP contribution in [0.3, 0.4) is 0 Å². The molecule has 0 heterocycles. The van der Waals surface area contributed by atoms with Gasteiger partial charge in [-0.2, -0.15) is 35.1 Å². The van der Waals surface area contributed by atoms with Crippen LogP contribution in [0.5, 0.6) is 0 Å². The van der Waals surface area contributed by atoms with Gasteiger partial charge in [0.15, 0.2) is 0 Å². The van der Waals surface area contributed by atoms with Gasteiger partial charge in [-0.05, 0) is 24.4 Å². The summed E-state index contributed by atoms with van der Waals surface area (Å²) in [5, 5.41) is -5.77. The topological polar surface area (TPSA) is 0 Å². The monoisotopic (exact) mass is 444 g/mol. The molecule has 0 aromatic carbocycles. The molecule has 0 saturated heterocycles. The second-order valence-corrected chi connectivity index (χ2v) is 6.75. The van der Waals surface area contributed by atoms with Crippen LogP contribution in [0, 0.1) is 5.92 Å². The van der Waals surface area contributed by atoms with Crippen LogP contribution in [0.4, 0.5) is 35.1 Å². The van der Waals surface area contributed by atoms with Crippen LogP contribution >= 0.6 is 34.2 Å². The van der Waals surface area contributed by atoms with E-state index in [9.17, 15) is 35.1 Å². The quantitative estimate of drug-likeness (QED) is 0.296. The number of alkyl halides is 10. The Bertz CT molecular complexity index is 354. The highest BCUT2D eigenvalue weighted by molar-refractivity contribution is 14.1. The van der Waals surface area contributed by atoms with Crippen molar-refractivity contribution in [2.75, 3.05) is 0 Å². The molecule has 0 amide bonds. The first kappa shape index (κ1) is 18.5. The molecule has 0 aliphatic heterocycles. The lowest BCUT2D eigenvalue weighted by Crippen LogP contribution is -2.63. The average Bonchev–Trinajstić information content (AvgIpc) is 2.27. The van der Waals surface area contributed by atoms with Crippen LogP contribution in [0.2, 0.25) is 0 Å². The highest BCUT2D eigenvalue weighted by Crippen LogP contribution is 2.58. The van der Waals surface area contributed by atoms with E-state index in [4.69, 9.17) is 0 Å². The third kappa shape index (κ3) is 2.85. The molecule has 1 rings (SSSR count). The molecule has 20 heavy (non-hydrogen) atoms. The minimum atomic E-state index is -6.35. The Kier molecular flexibility index (Phi) is 5.17. The molecule has 0 bridgehead atoms. The van der Waals surface area contributed by atoms with E-state index in [1.807, 2.05) is 0 Å². The molecular formula is C10H10ClF8I. The van der Waals surface area contributed by atoms with Crippen LogP contribution < -0.4 is 0 Å². The zero-order valence-corrected chi connectivity index (χ0v) is 12.7. The number of hydrogen-bond acceptors (Lipinski definition) is 0. The van der Waals surface area contributed by atoms with E-state index in [2.05, 4.69) is 11.6 Å². The summed E-state index contributed by atoms with van der Waals surface area (Å²) < 4.78 is 104. The fourth-order valence-electron chi connectivity index (χ4n) is 2.11. The van der Waals surface area contributed by atoms with Crippen LogP contribution in [0.1, 0.15) is 25.7 Å². The summed E-state index contributed by atoms with van der Waals surface area (Å²) in [4.78, 5) is 0. The lowest BCUT2D eigenvalue weighted by molar-refractivity contribution is -0.359. The molecule has 0 spiro atoms. The normalized spacial score (nSPS) is 26.7. The summed E-state index contributed by atoms with van der Waals surface area (Å²) >= 11 is 5.35. The second kappa shape index (κ2) is 5.58. The van der Waals surface area contributed by atoms with Crippen molar-refractivity contribution < 1.29 is 35.1 Å². The molecular weight excluding hydrogens is 434 g/mol. The standard InChI is InChI=1S/C10H10ClF8I/c11-10(18,19)9(16,17)8(14,15)7(12,13)5-3-1-2-4-6(5)20/h5-6H,1-4H2. The second-order valence-electron chi connectivity index (χ2n) is 4.68. The molecule has 0 aromatic heterocycles. The van der Waals surface area contributed by atoms with Crippen molar-refractivity contribution in [3.05, 3.63) is 0 Å². The Morgan fingerprint density at radius 1 is 0.800 bits per heavy atom. The van der Waals surface area contributed by atoms with E-state index in [-0.39, 0.29) is 12.8 Å². The maximum atomic E-state index is 13.7. The lowest BCUT2D eigenvalue weighted by atomic mass is 9.80. The summed E-state index contributed by atoms with van der Waals surface area (Å²) in [5.41, 5.74) is 0. The molecule has 0 N–H and O–H groups in total. The largest absolute Gasteiger partial charge is 0.392 e. The van der Waals surface area contributed by atoms with Gasteiger partial charge >= 0.3 is 23.1 Å². The minimum absolute atomic E-state index is 0.139. The molecule has 10 heteroatoms. The molecule has 0 radical (unpaired) electrons. The van der Waals surface area contributed by atoms with Crippen molar-refractivity contribution in [1.29, 1.82) is 0 Å². The summed E-state index contributed by atoms with van der Waals surface area (Å²) in [6.07, 6.45) is 0.354. The highest BCUT2D eigenvalue weighted by atomic mass is 127. The Labute approximate surface area is 128 Å². The van der Waals surface area contributed by atoms with Gasteiger partial charge in [-0.25, -0.2) is 0 Å². The molecule has 0 nitrogen and oxygen atoms in total. The third-order valence-electron chi connectivity index (χ3n) is 3.32. The van der Waals surface area contributed by atoms with Crippen LogP contribution in [-0.2, 0) is 0 Å². The van der Waals surface area contributed by atoms with E-state index in [1.165, 1.54) is 22.6 Å². The van der Waals surface area contributed by atoms with Gasteiger partial charge in [0.25, 0.3) is 0 Å². The maximum Gasteiger partial charge on any atom is 0.392 e. The van der Waals surface area contributed by atoms with Gasteiger partial charge < -0.3 is 0 Å². The number of hydrogen-bond donors (Lipinski definition) is 0. The minimum Gasteiger partial charge on any atom is -0.199 e.